The van der Waals surface area contributed by atoms with E-state index in [0.717, 1.165) is 12.5 Å². The predicted molar refractivity (Wildman–Crippen MR) is 68.7 cm³/mol. The Morgan fingerprint density at radius 3 is 2.76 bits per heavy atom. The number of nitrogens with one attached hydrogen (secondary N) is 1. The van der Waals surface area contributed by atoms with Crippen molar-refractivity contribution in [2.75, 3.05) is 19.6 Å². The van der Waals surface area contributed by atoms with Crippen LogP contribution in [0.25, 0.3) is 0 Å². The van der Waals surface area contributed by atoms with Crippen LogP contribution in [0.3, 0.4) is 0 Å². The molecule has 0 radical (unpaired) electrons. The van der Waals surface area contributed by atoms with Crippen molar-refractivity contribution in [1.29, 1.82) is 0 Å². The van der Waals surface area contributed by atoms with Crippen molar-refractivity contribution in [3.05, 3.63) is 30.1 Å². The first-order chi connectivity index (χ1) is 8.34. The molecule has 1 unspecified atom stereocenters. The van der Waals surface area contributed by atoms with Crippen LogP contribution in [-0.2, 0) is 0 Å². The van der Waals surface area contributed by atoms with Gasteiger partial charge in [-0.1, -0.05) is 0 Å². The Bertz CT molecular complexity index is 361. The van der Waals surface area contributed by atoms with Gasteiger partial charge in [-0.15, -0.1) is 0 Å². The number of pyridine rings is 1. The molecule has 3 heteroatoms. The topological polar surface area (TPSA) is 28.2 Å². The van der Waals surface area contributed by atoms with Gasteiger partial charge >= 0.3 is 0 Å². The highest BCUT2D eigenvalue weighted by Gasteiger charge is 2.37. The van der Waals surface area contributed by atoms with Gasteiger partial charge < -0.3 is 5.32 Å². The third kappa shape index (κ3) is 2.50. The summed E-state index contributed by atoms with van der Waals surface area (Å²) in [5, 5.41) is 3.52. The van der Waals surface area contributed by atoms with E-state index in [4.69, 9.17) is 0 Å². The number of rotatable bonds is 3. The van der Waals surface area contributed by atoms with Crippen molar-refractivity contribution in [2.45, 2.75) is 31.8 Å². The second-order valence-corrected chi connectivity index (χ2v) is 5.41. The molecule has 1 N–H and O–H groups in total. The Labute approximate surface area is 103 Å². The lowest BCUT2D eigenvalue weighted by atomic mass is 10.00. The summed E-state index contributed by atoms with van der Waals surface area (Å²) in [7, 11) is 0. The van der Waals surface area contributed by atoms with E-state index < -0.39 is 0 Å². The summed E-state index contributed by atoms with van der Waals surface area (Å²) < 4.78 is 0. The van der Waals surface area contributed by atoms with Crippen molar-refractivity contribution < 1.29 is 0 Å². The molecule has 3 rings (SSSR count). The standard InChI is InChI=1S/C14H21N3/c1-11-10-17(9-8-16-11)14(12-2-3-12)13-4-6-15-7-5-13/h4-7,11-12,14,16H,2-3,8-10H2,1H3/t11?,14-/m1/s1. The summed E-state index contributed by atoms with van der Waals surface area (Å²) in [6.07, 6.45) is 6.64. The Morgan fingerprint density at radius 2 is 2.12 bits per heavy atom. The molecule has 1 aromatic rings. The van der Waals surface area contributed by atoms with E-state index >= 15 is 0 Å². The van der Waals surface area contributed by atoms with E-state index in [2.05, 4.69) is 34.3 Å². The van der Waals surface area contributed by atoms with Crippen LogP contribution >= 0.6 is 0 Å². The molecular weight excluding hydrogens is 210 g/mol. The van der Waals surface area contributed by atoms with Gasteiger partial charge in [0, 0.05) is 44.1 Å². The minimum Gasteiger partial charge on any atom is -0.312 e. The summed E-state index contributed by atoms with van der Waals surface area (Å²) >= 11 is 0. The lowest BCUT2D eigenvalue weighted by Crippen LogP contribution is -2.50. The molecule has 0 bridgehead atoms. The molecule has 2 fully saturated rings. The second kappa shape index (κ2) is 4.75. The van der Waals surface area contributed by atoms with Gasteiger partial charge in [0.15, 0.2) is 0 Å². The van der Waals surface area contributed by atoms with Gasteiger partial charge in [0.25, 0.3) is 0 Å². The first-order valence-corrected chi connectivity index (χ1v) is 6.72. The first-order valence-electron chi connectivity index (χ1n) is 6.72. The van der Waals surface area contributed by atoms with E-state index in [-0.39, 0.29) is 0 Å². The van der Waals surface area contributed by atoms with Crippen LogP contribution in [0.2, 0.25) is 0 Å². The number of hydrogen-bond donors (Lipinski definition) is 1. The minimum atomic E-state index is 0.617. The maximum absolute atomic E-state index is 4.14. The average molecular weight is 231 g/mol. The highest BCUT2D eigenvalue weighted by molar-refractivity contribution is 5.18. The van der Waals surface area contributed by atoms with Crippen LogP contribution in [0.5, 0.6) is 0 Å². The van der Waals surface area contributed by atoms with Crippen LogP contribution in [-0.4, -0.2) is 35.6 Å². The monoisotopic (exact) mass is 231 g/mol. The average Bonchev–Trinajstić information content (AvgIpc) is 3.15. The zero-order chi connectivity index (χ0) is 11.7. The molecule has 1 aromatic heterocycles. The highest BCUT2D eigenvalue weighted by Crippen LogP contribution is 2.44. The summed E-state index contributed by atoms with van der Waals surface area (Å²) in [6.45, 7) is 5.75. The van der Waals surface area contributed by atoms with Crippen LogP contribution in [0.4, 0.5) is 0 Å². The fourth-order valence-corrected chi connectivity index (χ4v) is 2.97. The summed E-state index contributed by atoms with van der Waals surface area (Å²) in [5.41, 5.74) is 1.46. The molecule has 1 saturated heterocycles. The zero-order valence-electron chi connectivity index (χ0n) is 10.5. The summed E-state index contributed by atoms with van der Waals surface area (Å²) in [6, 6.07) is 5.63. The second-order valence-electron chi connectivity index (χ2n) is 5.41. The molecule has 2 heterocycles. The third-order valence-electron chi connectivity index (χ3n) is 3.91. The van der Waals surface area contributed by atoms with Gasteiger partial charge in [-0.2, -0.15) is 0 Å². The van der Waals surface area contributed by atoms with E-state index in [1.807, 2.05) is 12.4 Å². The molecule has 1 aliphatic heterocycles. The molecule has 0 amide bonds. The van der Waals surface area contributed by atoms with E-state index in [1.54, 1.807) is 0 Å². The Hall–Kier alpha value is -0.930. The molecule has 17 heavy (non-hydrogen) atoms. The maximum atomic E-state index is 4.14. The SMILES string of the molecule is CC1CN([C@@H](c2ccncc2)C2CC2)CCN1. The number of hydrogen-bond acceptors (Lipinski definition) is 3. The van der Waals surface area contributed by atoms with Crippen molar-refractivity contribution in [2.24, 2.45) is 5.92 Å². The molecule has 2 aliphatic rings. The molecule has 0 spiro atoms. The molecule has 2 atom stereocenters. The predicted octanol–water partition coefficient (Wildman–Crippen LogP) is 1.83. The fraction of sp³-hybridized carbons (Fsp3) is 0.643. The van der Waals surface area contributed by atoms with Gasteiger partial charge in [-0.3, -0.25) is 9.88 Å². The lowest BCUT2D eigenvalue weighted by Gasteiger charge is -2.38. The molecule has 1 saturated carbocycles. The normalized spacial score (nSPS) is 27.9. The molecule has 3 nitrogen and oxygen atoms in total. The number of piperazine rings is 1. The molecule has 92 valence electrons. The van der Waals surface area contributed by atoms with Gasteiger partial charge in [0.2, 0.25) is 0 Å². The molecular formula is C14H21N3. The Kier molecular flexibility index (Phi) is 3.12. The quantitative estimate of drug-likeness (QED) is 0.860. The van der Waals surface area contributed by atoms with Crippen LogP contribution in [0, 0.1) is 5.92 Å². The van der Waals surface area contributed by atoms with Gasteiger partial charge in [-0.05, 0) is 43.4 Å². The van der Waals surface area contributed by atoms with Crippen molar-refractivity contribution >= 4 is 0 Å². The zero-order valence-corrected chi connectivity index (χ0v) is 10.5. The number of nitrogens with zero attached hydrogens (tertiary/aromatic N) is 2. The van der Waals surface area contributed by atoms with E-state index in [0.29, 0.717) is 12.1 Å². The maximum Gasteiger partial charge on any atom is 0.0378 e. The van der Waals surface area contributed by atoms with Crippen LogP contribution in [0.1, 0.15) is 31.4 Å². The Balaban J connectivity index is 1.80. The van der Waals surface area contributed by atoms with Crippen molar-refractivity contribution in [3.63, 3.8) is 0 Å². The largest absolute Gasteiger partial charge is 0.312 e. The lowest BCUT2D eigenvalue weighted by molar-refractivity contribution is 0.133. The minimum absolute atomic E-state index is 0.617. The fourth-order valence-electron chi connectivity index (χ4n) is 2.97. The Morgan fingerprint density at radius 1 is 1.35 bits per heavy atom. The van der Waals surface area contributed by atoms with Gasteiger partial charge in [-0.25, -0.2) is 0 Å². The van der Waals surface area contributed by atoms with E-state index in [9.17, 15) is 0 Å². The smallest absolute Gasteiger partial charge is 0.0378 e. The van der Waals surface area contributed by atoms with E-state index in [1.165, 1.54) is 31.5 Å². The summed E-state index contributed by atoms with van der Waals surface area (Å²) in [5.74, 6) is 0.877. The van der Waals surface area contributed by atoms with Crippen molar-refractivity contribution in [1.82, 2.24) is 15.2 Å². The van der Waals surface area contributed by atoms with Gasteiger partial charge in [0.05, 0.1) is 0 Å². The van der Waals surface area contributed by atoms with Crippen molar-refractivity contribution in [3.8, 4) is 0 Å². The van der Waals surface area contributed by atoms with Crippen LogP contribution in [0.15, 0.2) is 24.5 Å². The molecule has 0 aromatic carbocycles. The summed E-state index contributed by atoms with van der Waals surface area (Å²) in [4.78, 5) is 6.80. The number of aromatic nitrogens is 1. The van der Waals surface area contributed by atoms with Crippen LogP contribution < -0.4 is 5.32 Å². The first kappa shape index (κ1) is 11.2. The van der Waals surface area contributed by atoms with Gasteiger partial charge in [0.1, 0.15) is 0 Å². The third-order valence-corrected chi connectivity index (χ3v) is 3.91. The molecule has 1 aliphatic carbocycles. The highest BCUT2D eigenvalue weighted by atomic mass is 15.2.